The Bertz CT molecular complexity index is 1030. The Kier molecular flexibility index (Phi) is 5.61. The third-order valence-corrected chi connectivity index (χ3v) is 5.93. The van der Waals surface area contributed by atoms with Gasteiger partial charge < -0.3 is 9.64 Å². The molecule has 0 radical (unpaired) electrons. The largest absolute Gasteiger partial charge is 0.468 e. The lowest BCUT2D eigenvalue weighted by Gasteiger charge is -2.30. The Labute approximate surface area is 172 Å². The molecule has 1 aliphatic rings. The fourth-order valence-corrected chi connectivity index (χ4v) is 3.93. The van der Waals surface area contributed by atoms with Gasteiger partial charge in [0.2, 0.25) is 11.1 Å². The lowest BCUT2D eigenvalue weighted by Crippen LogP contribution is -2.34. The van der Waals surface area contributed by atoms with Crippen molar-refractivity contribution in [3.63, 3.8) is 0 Å². The molecule has 0 aromatic carbocycles. The van der Waals surface area contributed by atoms with Crippen LogP contribution in [0.25, 0.3) is 17.0 Å². The third kappa shape index (κ3) is 4.16. The number of methoxy groups -OCH3 is 1. The second kappa shape index (κ2) is 8.32. The number of esters is 1. The van der Waals surface area contributed by atoms with E-state index >= 15 is 0 Å². The highest BCUT2D eigenvalue weighted by atomic mass is 32.2. The average Bonchev–Trinajstić information content (AvgIpc) is 3.17. The molecule has 9 nitrogen and oxygen atoms in total. The van der Waals surface area contributed by atoms with Gasteiger partial charge in [0.25, 0.3) is 5.78 Å². The number of fused-ring (bicyclic) bond motifs is 1. The van der Waals surface area contributed by atoms with Crippen molar-refractivity contribution in [1.29, 1.82) is 0 Å². The van der Waals surface area contributed by atoms with Gasteiger partial charge in [0, 0.05) is 31.0 Å². The SMILES string of the molecule is COC(=O)CSc1nc2ncc(-c3ccnc(N4CCC(C)CC4)n3)c(C)n2n1. The molecule has 0 aliphatic carbocycles. The topological polar surface area (TPSA) is 98.4 Å². The molecule has 10 heteroatoms. The summed E-state index contributed by atoms with van der Waals surface area (Å²) in [6, 6.07) is 1.88. The maximum absolute atomic E-state index is 11.3. The molecule has 3 aromatic rings. The summed E-state index contributed by atoms with van der Waals surface area (Å²) in [7, 11) is 1.36. The lowest BCUT2D eigenvalue weighted by molar-refractivity contribution is -0.137. The van der Waals surface area contributed by atoms with Crippen LogP contribution in [0.3, 0.4) is 0 Å². The zero-order valence-electron chi connectivity index (χ0n) is 16.7. The second-order valence-electron chi connectivity index (χ2n) is 7.14. The average molecular weight is 414 g/mol. The molecule has 0 unspecified atom stereocenters. The standard InChI is InChI=1S/C19H23N7O2S/c1-12-5-8-25(9-6-12)17-20-7-4-15(22-17)14-10-21-18-23-19(24-26(18)13(14)2)29-11-16(27)28-3/h4,7,10,12H,5-6,8-9,11H2,1-3H3. The summed E-state index contributed by atoms with van der Waals surface area (Å²) in [6.45, 7) is 6.20. The molecule has 0 atom stereocenters. The van der Waals surface area contributed by atoms with Crippen molar-refractivity contribution in [3.8, 4) is 11.3 Å². The maximum Gasteiger partial charge on any atom is 0.316 e. The number of rotatable bonds is 5. The summed E-state index contributed by atoms with van der Waals surface area (Å²) >= 11 is 1.22. The van der Waals surface area contributed by atoms with E-state index in [-0.39, 0.29) is 11.7 Å². The fourth-order valence-electron chi connectivity index (χ4n) is 3.28. The van der Waals surface area contributed by atoms with Crippen molar-refractivity contribution in [2.45, 2.75) is 31.8 Å². The minimum Gasteiger partial charge on any atom is -0.468 e. The van der Waals surface area contributed by atoms with Crippen LogP contribution in [0.2, 0.25) is 0 Å². The molecule has 4 rings (SSSR count). The van der Waals surface area contributed by atoms with E-state index < -0.39 is 0 Å². The van der Waals surface area contributed by atoms with Gasteiger partial charge in [-0.25, -0.2) is 15.0 Å². The number of ether oxygens (including phenoxy) is 1. The van der Waals surface area contributed by atoms with Gasteiger partial charge in [-0.1, -0.05) is 18.7 Å². The number of aryl methyl sites for hydroxylation is 1. The van der Waals surface area contributed by atoms with E-state index in [4.69, 9.17) is 4.98 Å². The smallest absolute Gasteiger partial charge is 0.316 e. The van der Waals surface area contributed by atoms with E-state index in [9.17, 15) is 4.79 Å². The summed E-state index contributed by atoms with van der Waals surface area (Å²) in [5.74, 6) is 1.82. The summed E-state index contributed by atoms with van der Waals surface area (Å²) in [5, 5.41) is 4.95. The van der Waals surface area contributed by atoms with Crippen LogP contribution in [0.4, 0.5) is 5.95 Å². The van der Waals surface area contributed by atoms with Crippen LogP contribution < -0.4 is 4.90 Å². The van der Waals surface area contributed by atoms with E-state index in [0.717, 1.165) is 54.7 Å². The number of hydrogen-bond donors (Lipinski definition) is 0. The van der Waals surface area contributed by atoms with Gasteiger partial charge >= 0.3 is 5.97 Å². The predicted molar refractivity (Wildman–Crippen MR) is 110 cm³/mol. The van der Waals surface area contributed by atoms with Crippen molar-refractivity contribution in [2.75, 3.05) is 30.9 Å². The van der Waals surface area contributed by atoms with Crippen LogP contribution in [-0.2, 0) is 9.53 Å². The first-order valence-corrected chi connectivity index (χ1v) is 10.5. The van der Waals surface area contributed by atoms with Crippen molar-refractivity contribution < 1.29 is 9.53 Å². The number of anilines is 1. The van der Waals surface area contributed by atoms with Gasteiger partial charge in [0.15, 0.2) is 0 Å². The molecule has 0 bridgehead atoms. The molecule has 0 spiro atoms. The minimum atomic E-state index is -0.320. The molecule has 3 aromatic heterocycles. The summed E-state index contributed by atoms with van der Waals surface area (Å²) in [4.78, 5) is 31.6. The Morgan fingerprint density at radius 2 is 2.07 bits per heavy atom. The van der Waals surface area contributed by atoms with Crippen LogP contribution >= 0.6 is 11.8 Å². The van der Waals surface area contributed by atoms with Crippen molar-refractivity contribution in [2.24, 2.45) is 5.92 Å². The van der Waals surface area contributed by atoms with E-state index in [1.165, 1.54) is 18.9 Å². The highest BCUT2D eigenvalue weighted by Crippen LogP contribution is 2.25. The molecule has 1 aliphatic heterocycles. The third-order valence-electron chi connectivity index (χ3n) is 5.12. The fraction of sp³-hybridized carbons (Fsp3) is 0.474. The zero-order valence-corrected chi connectivity index (χ0v) is 17.5. The molecular formula is C19H23N7O2S. The maximum atomic E-state index is 11.3. The lowest BCUT2D eigenvalue weighted by atomic mass is 10.00. The first-order valence-electron chi connectivity index (χ1n) is 9.55. The van der Waals surface area contributed by atoms with Gasteiger partial charge in [-0.05, 0) is 31.7 Å². The van der Waals surface area contributed by atoms with Crippen LogP contribution in [0.5, 0.6) is 0 Å². The number of thioether (sulfide) groups is 1. The van der Waals surface area contributed by atoms with Gasteiger partial charge in [-0.15, -0.1) is 5.10 Å². The van der Waals surface area contributed by atoms with E-state index in [1.54, 1.807) is 16.9 Å². The van der Waals surface area contributed by atoms with Crippen molar-refractivity contribution >= 4 is 29.5 Å². The minimum absolute atomic E-state index is 0.156. The van der Waals surface area contributed by atoms with Crippen LogP contribution in [0.15, 0.2) is 23.6 Å². The normalized spacial score (nSPS) is 15.1. The Balaban J connectivity index is 1.61. The number of carbonyl (C=O) groups is 1. The monoisotopic (exact) mass is 413 g/mol. The van der Waals surface area contributed by atoms with Gasteiger partial charge in [-0.2, -0.15) is 9.50 Å². The highest BCUT2D eigenvalue weighted by molar-refractivity contribution is 7.99. The highest BCUT2D eigenvalue weighted by Gasteiger charge is 2.19. The summed E-state index contributed by atoms with van der Waals surface area (Å²) in [6.07, 6.45) is 5.87. The molecular weight excluding hydrogens is 390 g/mol. The molecule has 1 fully saturated rings. The van der Waals surface area contributed by atoms with Crippen molar-refractivity contribution in [3.05, 3.63) is 24.2 Å². The molecule has 152 valence electrons. The van der Waals surface area contributed by atoms with E-state index in [2.05, 4.69) is 36.6 Å². The van der Waals surface area contributed by atoms with E-state index in [0.29, 0.717) is 10.9 Å². The summed E-state index contributed by atoms with van der Waals surface area (Å²) < 4.78 is 6.34. The number of aromatic nitrogens is 6. The number of hydrogen-bond acceptors (Lipinski definition) is 9. The quantitative estimate of drug-likeness (QED) is 0.461. The molecule has 0 N–H and O–H groups in total. The molecule has 0 amide bonds. The number of carbonyl (C=O) groups excluding carboxylic acids is 1. The molecule has 1 saturated heterocycles. The Morgan fingerprint density at radius 1 is 1.28 bits per heavy atom. The van der Waals surface area contributed by atoms with Crippen LogP contribution in [0, 0.1) is 12.8 Å². The van der Waals surface area contributed by atoms with Gasteiger partial charge in [0.05, 0.1) is 24.3 Å². The van der Waals surface area contributed by atoms with E-state index in [1.807, 2.05) is 13.0 Å². The number of nitrogens with zero attached hydrogens (tertiary/aromatic N) is 7. The van der Waals surface area contributed by atoms with Crippen LogP contribution in [-0.4, -0.2) is 61.5 Å². The van der Waals surface area contributed by atoms with Gasteiger partial charge in [-0.3, -0.25) is 4.79 Å². The number of piperidine rings is 1. The zero-order chi connectivity index (χ0) is 20.4. The predicted octanol–water partition coefficient (Wildman–Crippen LogP) is 2.39. The molecule has 4 heterocycles. The second-order valence-corrected chi connectivity index (χ2v) is 8.08. The molecule has 0 saturated carbocycles. The summed E-state index contributed by atoms with van der Waals surface area (Å²) in [5.41, 5.74) is 2.56. The van der Waals surface area contributed by atoms with Crippen molar-refractivity contribution in [1.82, 2.24) is 29.5 Å². The Hall–Kier alpha value is -2.75. The first kappa shape index (κ1) is 19.6. The Morgan fingerprint density at radius 3 is 2.83 bits per heavy atom. The van der Waals surface area contributed by atoms with Gasteiger partial charge in [0.1, 0.15) is 0 Å². The molecule has 29 heavy (non-hydrogen) atoms. The first-order chi connectivity index (χ1) is 14.0. The van der Waals surface area contributed by atoms with Crippen LogP contribution in [0.1, 0.15) is 25.5 Å².